The van der Waals surface area contributed by atoms with E-state index >= 15 is 0 Å². The highest BCUT2D eigenvalue weighted by atomic mass is 19.4. The molecule has 0 bridgehead atoms. The van der Waals surface area contributed by atoms with E-state index < -0.39 is 18.0 Å². The Labute approximate surface area is 163 Å². The minimum Gasteiger partial charge on any atom is -0.508 e. The molecule has 1 unspecified atom stereocenters. The average Bonchev–Trinajstić information content (AvgIpc) is 2.66. The van der Waals surface area contributed by atoms with Gasteiger partial charge in [-0.15, -0.1) is 0 Å². The van der Waals surface area contributed by atoms with Crippen LogP contribution in [0.15, 0.2) is 42.6 Å². The van der Waals surface area contributed by atoms with E-state index in [1.165, 1.54) is 18.2 Å². The number of hydrogen-bond acceptors (Lipinski definition) is 8. The van der Waals surface area contributed by atoms with E-state index in [1.54, 1.807) is 19.1 Å². The van der Waals surface area contributed by atoms with Crippen LogP contribution in [-0.4, -0.2) is 42.8 Å². The van der Waals surface area contributed by atoms with Crippen molar-refractivity contribution in [2.75, 3.05) is 17.2 Å². The number of phenolic OH excluding ortho intramolecular Hbond substituents is 1. The summed E-state index contributed by atoms with van der Waals surface area (Å²) in [6.07, 6.45) is -4.25. The third kappa shape index (κ3) is 5.51. The molecule has 1 aromatic carbocycles. The fourth-order valence-electron chi connectivity index (χ4n) is 2.32. The second kappa shape index (κ2) is 8.27. The summed E-state index contributed by atoms with van der Waals surface area (Å²) in [5, 5.41) is 24.7. The Morgan fingerprint density at radius 2 is 1.83 bits per heavy atom. The largest absolute Gasteiger partial charge is 0.508 e. The highest BCUT2D eigenvalue weighted by Gasteiger charge is 2.32. The summed E-state index contributed by atoms with van der Waals surface area (Å²) < 4.78 is 38.6. The number of nitrogens with one attached hydrogen (secondary N) is 2. The second-order valence-electron chi connectivity index (χ2n) is 6.14. The number of phenols is 1. The van der Waals surface area contributed by atoms with Gasteiger partial charge in [0.15, 0.2) is 5.82 Å². The van der Waals surface area contributed by atoms with Crippen LogP contribution >= 0.6 is 0 Å². The number of rotatable bonds is 6. The van der Waals surface area contributed by atoms with Crippen molar-refractivity contribution in [1.82, 2.24) is 19.9 Å². The van der Waals surface area contributed by atoms with Crippen LogP contribution in [0.1, 0.15) is 12.6 Å². The molecule has 0 aliphatic carbocycles. The fourth-order valence-corrected chi connectivity index (χ4v) is 2.32. The molecular weight excluding hydrogens is 389 g/mol. The Bertz CT molecular complexity index is 997. The van der Waals surface area contributed by atoms with Gasteiger partial charge in [0.25, 0.3) is 0 Å². The van der Waals surface area contributed by atoms with Crippen LogP contribution in [0, 0.1) is 0 Å². The summed E-state index contributed by atoms with van der Waals surface area (Å²) in [5.41, 5.74) is -0.500. The quantitative estimate of drug-likeness (QED) is 0.493. The molecule has 0 aliphatic rings. The van der Waals surface area contributed by atoms with Crippen LogP contribution in [0.2, 0.25) is 0 Å². The van der Waals surface area contributed by atoms with Gasteiger partial charge in [-0.05, 0) is 31.2 Å². The monoisotopic (exact) mass is 406 g/mol. The molecule has 3 rings (SSSR count). The Morgan fingerprint density at radius 3 is 2.52 bits per heavy atom. The standard InChI is InChI=1S/C18H17F3N6O2/c1-10(28)9-23-16-25-15(11-3-2-4-13(29)7-11)26-17(27-16)24-12-5-6-22-14(8-12)18(19,20)21/h2-8,10,28-29H,9H2,1H3,(H2,22,23,24,25,26,27). The molecule has 0 amide bonds. The number of pyridine rings is 1. The molecule has 0 radical (unpaired) electrons. The number of aromatic hydroxyl groups is 1. The molecule has 152 valence electrons. The molecule has 0 saturated heterocycles. The zero-order valence-electron chi connectivity index (χ0n) is 15.1. The van der Waals surface area contributed by atoms with E-state index in [-0.39, 0.29) is 35.7 Å². The van der Waals surface area contributed by atoms with Crippen molar-refractivity contribution < 1.29 is 23.4 Å². The van der Waals surface area contributed by atoms with Crippen LogP contribution in [0.25, 0.3) is 11.4 Å². The van der Waals surface area contributed by atoms with E-state index in [9.17, 15) is 23.4 Å². The average molecular weight is 406 g/mol. The molecule has 8 nitrogen and oxygen atoms in total. The SMILES string of the molecule is CC(O)CNc1nc(Nc2ccnc(C(F)(F)F)c2)nc(-c2cccc(O)c2)n1. The first-order valence-electron chi connectivity index (χ1n) is 8.48. The fraction of sp³-hybridized carbons (Fsp3) is 0.222. The molecule has 0 fully saturated rings. The molecule has 11 heteroatoms. The first-order chi connectivity index (χ1) is 13.7. The molecule has 0 aliphatic heterocycles. The van der Waals surface area contributed by atoms with E-state index in [2.05, 4.69) is 30.6 Å². The second-order valence-corrected chi connectivity index (χ2v) is 6.14. The lowest BCUT2D eigenvalue weighted by Gasteiger charge is -2.12. The summed E-state index contributed by atoms with van der Waals surface area (Å²) in [6.45, 7) is 1.72. The van der Waals surface area contributed by atoms with Gasteiger partial charge in [0.1, 0.15) is 11.4 Å². The number of anilines is 3. The molecule has 2 aromatic heterocycles. The van der Waals surface area contributed by atoms with Crippen LogP contribution in [0.4, 0.5) is 30.8 Å². The van der Waals surface area contributed by atoms with Crippen LogP contribution < -0.4 is 10.6 Å². The van der Waals surface area contributed by atoms with Crippen LogP contribution in [0.5, 0.6) is 5.75 Å². The van der Waals surface area contributed by atoms with Crippen molar-refractivity contribution in [3.63, 3.8) is 0 Å². The summed E-state index contributed by atoms with van der Waals surface area (Å²) in [6, 6.07) is 8.35. The first kappa shape index (κ1) is 20.3. The third-order valence-corrected chi connectivity index (χ3v) is 3.60. The van der Waals surface area contributed by atoms with Gasteiger partial charge in [0.2, 0.25) is 11.9 Å². The summed E-state index contributed by atoms with van der Waals surface area (Å²) in [7, 11) is 0. The molecule has 29 heavy (non-hydrogen) atoms. The summed E-state index contributed by atoms with van der Waals surface area (Å²) in [5.74, 6) is 0.258. The maximum absolute atomic E-state index is 12.9. The van der Waals surface area contributed by atoms with Crippen LogP contribution in [-0.2, 0) is 6.18 Å². The topological polar surface area (TPSA) is 116 Å². The lowest BCUT2D eigenvalue weighted by molar-refractivity contribution is -0.141. The molecule has 3 aromatic rings. The van der Waals surface area contributed by atoms with Gasteiger partial charge >= 0.3 is 6.18 Å². The predicted octanol–water partition coefficient (Wildman–Crippen LogP) is 3.19. The van der Waals surface area contributed by atoms with E-state index in [1.807, 2.05) is 0 Å². The van der Waals surface area contributed by atoms with Gasteiger partial charge in [-0.1, -0.05) is 12.1 Å². The Balaban J connectivity index is 1.97. The third-order valence-electron chi connectivity index (χ3n) is 3.60. The van der Waals surface area contributed by atoms with Gasteiger partial charge in [-0.2, -0.15) is 28.1 Å². The van der Waals surface area contributed by atoms with E-state index in [0.717, 1.165) is 12.3 Å². The summed E-state index contributed by atoms with van der Waals surface area (Å²) >= 11 is 0. The normalized spacial score (nSPS) is 12.4. The first-order valence-corrected chi connectivity index (χ1v) is 8.48. The zero-order valence-corrected chi connectivity index (χ0v) is 15.1. The van der Waals surface area contributed by atoms with Crippen molar-refractivity contribution in [3.05, 3.63) is 48.3 Å². The molecule has 4 N–H and O–H groups in total. The van der Waals surface area contributed by atoms with E-state index in [4.69, 9.17) is 0 Å². The van der Waals surface area contributed by atoms with Crippen LogP contribution in [0.3, 0.4) is 0 Å². The maximum Gasteiger partial charge on any atom is 0.433 e. The Morgan fingerprint density at radius 1 is 1.07 bits per heavy atom. The number of aromatic nitrogens is 4. The zero-order chi connectivity index (χ0) is 21.0. The molecule has 0 saturated carbocycles. The van der Waals surface area contributed by atoms with Gasteiger partial charge in [0.05, 0.1) is 6.10 Å². The van der Waals surface area contributed by atoms with E-state index in [0.29, 0.717) is 5.56 Å². The number of hydrogen-bond donors (Lipinski definition) is 4. The molecule has 1 atom stereocenters. The number of aliphatic hydroxyl groups excluding tert-OH is 1. The van der Waals surface area contributed by atoms with Crippen molar-refractivity contribution >= 4 is 17.6 Å². The summed E-state index contributed by atoms with van der Waals surface area (Å²) in [4.78, 5) is 15.9. The molecule has 2 heterocycles. The van der Waals surface area contributed by atoms with Gasteiger partial charge < -0.3 is 20.8 Å². The van der Waals surface area contributed by atoms with Crippen molar-refractivity contribution in [2.45, 2.75) is 19.2 Å². The Kier molecular flexibility index (Phi) is 5.78. The number of benzene rings is 1. The van der Waals surface area contributed by atoms with Gasteiger partial charge in [-0.25, -0.2) is 0 Å². The number of alkyl halides is 3. The van der Waals surface area contributed by atoms with Crippen molar-refractivity contribution in [3.8, 4) is 17.1 Å². The van der Waals surface area contributed by atoms with Crippen molar-refractivity contribution in [1.29, 1.82) is 0 Å². The minimum atomic E-state index is -4.59. The minimum absolute atomic E-state index is 0.000126. The number of aliphatic hydroxyl groups is 1. The highest BCUT2D eigenvalue weighted by Crippen LogP contribution is 2.29. The lowest BCUT2D eigenvalue weighted by Crippen LogP contribution is -2.18. The smallest absolute Gasteiger partial charge is 0.433 e. The highest BCUT2D eigenvalue weighted by molar-refractivity contribution is 5.62. The predicted molar refractivity (Wildman–Crippen MR) is 99.6 cm³/mol. The number of halogens is 3. The van der Waals surface area contributed by atoms with Crippen molar-refractivity contribution in [2.24, 2.45) is 0 Å². The lowest BCUT2D eigenvalue weighted by atomic mass is 10.2. The molecular formula is C18H17F3N6O2. The number of nitrogens with zero attached hydrogens (tertiary/aromatic N) is 4. The maximum atomic E-state index is 12.9. The van der Waals surface area contributed by atoms with Gasteiger partial charge in [-0.3, -0.25) is 4.98 Å². The Hall–Kier alpha value is -3.47. The molecule has 0 spiro atoms. The van der Waals surface area contributed by atoms with Gasteiger partial charge in [0, 0.05) is 24.0 Å².